The summed E-state index contributed by atoms with van der Waals surface area (Å²) in [5.41, 5.74) is 2.24. The largest absolute Gasteiger partial charge is 0.497 e. The Morgan fingerprint density at radius 3 is 2.19 bits per heavy atom. The average Bonchev–Trinajstić information content (AvgIpc) is 3.07. The highest BCUT2D eigenvalue weighted by Crippen LogP contribution is 2.38. The van der Waals surface area contributed by atoms with Crippen molar-refractivity contribution in [1.29, 1.82) is 0 Å². The number of fused-ring (bicyclic) bond motifs is 1. The fourth-order valence-electron chi connectivity index (χ4n) is 3.54. The molecular weight excluding hydrogens is 404 g/mol. The molecule has 0 atom stereocenters. The van der Waals surface area contributed by atoms with Crippen LogP contribution in [0.4, 0.5) is 0 Å². The van der Waals surface area contributed by atoms with Crippen LogP contribution in [0.3, 0.4) is 0 Å². The minimum atomic E-state index is -0.384. The summed E-state index contributed by atoms with van der Waals surface area (Å²) in [4.78, 5) is 27.8. The number of aromatic amines is 1. The second-order valence-corrected chi connectivity index (χ2v) is 6.71. The molecule has 9 nitrogen and oxygen atoms in total. The molecule has 1 aromatic heterocycles. The van der Waals surface area contributed by atoms with E-state index in [1.807, 2.05) is 0 Å². The maximum Gasteiger partial charge on any atom is 0.326 e. The SMILES string of the molecule is CCOC(=O)Cc1cc(OC)cc2[nH]c(=O)n(Cc3cc(OC)c(OC)c(OC)c3)c12. The lowest BCUT2D eigenvalue weighted by atomic mass is 10.1. The smallest absolute Gasteiger partial charge is 0.326 e. The molecule has 0 spiro atoms. The summed E-state index contributed by atoms with van der Waals surface area (Å²) in [7, 11) is 6.12. The molecule has 0 saturated heterocycles. The molecule has 0 aliphatic heterocycles. The van der Waals surface area contributed by atoms with Crippen LogP contribution in [0, 0.1) is 0 Å². The van der Waals surface area contributed by atoms with Gasteiger partial charge in [0, 0.05) is 6.07 Å². The summed E-state index contributed by atoms with van der Waals surface area (Å²) in [6.07, 6.45) is 0.00802. The molecule has 0 unspecified atom stereocenters. The average molecular weight is 430 g/mol. The number of ether oxygens (including phenoxy) is 5. The lowest BCUT2D eigenvalue weighted by molar-refractivity contribution is -0.142. The number of nitrogens with one attached hydrogen (secondary N) is 1. The Morgan fingerprint density at radius 1 is 0.968 bits per heavy atom. The molecule has 0 aliphatic carbocycles. The van der Waals surface area contributed by atoms with Gasteiger partial charge in [0.2, 0.25) is 5.75 Å². The van der Waals surface area contributed by atoms with Crippen molar-refractivity contribution in [3.8, 4) is 23.0 Å². The van der Waals surface area contributed by atoms with E-state index in [2.05, 4.69) is 4.98 Å². The van der Waals surface area contributed by atoms with Crippen molar-refractivity contribution in [2.75, 3.05) is 35.0 Å². The van der Waals surface area contributed by atoms with Crippen LogP contribution in [-0.4, -0.2) is 50.6 Å². The van der Waals surface area contributed by atoms with E-state index >= 15 is 0 Å². The third-order valence-electron chi connectivity index (χ3n) is 4.86. The Hall–Kier alpha value is -3.62. The van der Waals surface area contributed by atoms with Crippen molar-refractivity contribution in [2.45, 2.75) is 19.9 Å². The standard InChI is InChI=1S/C22H26N2O7/c1-6-31-19(25)10-14-9-15(27-2)11-16-20(14)24(22(26)23-16)12-13-7-17(28-3)21(30-5)18(8-13)29-4/h7-9,11H,6,10,12H2,1-5H3,(H,23,26). The fraction of sp³-hybridized carbons (Fsp3) is 0.364. The molecule has 1 heterocycles. The highest BCUT2D eigenvalue weighted by Gasteiger charge is 2.19. The summed E-state index contributed by atoms with van der Waals surface area (Å²) < 4.78 is 28.2. The van der Waals surface area contributed by atoms with Crippen LogP contribution in [0.1, 0.15) is 18.1 Å². The van der Waals surface area contributed by atoms with Crippen LogP contribution in [0.5, 0.6) is 23.0 Å². The normalized spacial score (nSPS) is 10.7. The molecule has 0 fully saturated rings. The Balaban J connectivity index is 2.13. The van der Waals surface area contributed by atoms with Gasteiger partial charge in [0.1, 0.15) is 5.75 Å². The maximum atomic E-state index is 12.8. The quantitative estimate of drug-likeness (QED) is 0.521. The van der Waals surface area contributed by atoms with Gasteiger partial charge in [0.25, 0.3) is 0 Å². The van der Waals surface area contributed by atoms with Gasteiger partial charge in [-0.1, -0.05) is 0 Å². The molecule has 3 rings (SSSR count). The minimum absolute atomic E-state index is 0.00802. The van der Waals surface area contributed by atoms with E-state index in [0.29, 0.717) is 39.6 Å². The number of esters is 1. The highest BCUT2D eigenvalue weighted by atomic mass is 16.5. The van der Waals surface area contributed by atoms with E-state index in [4.69, 9.17) is 23.7 Å². The summed E-state index contributed by atoms with van der Waals surface area (Å²) in [5, 5.41) is 0. The first kappa shape index (κ1) is 22.1. The molecular formula is C22H26N2O7. The van der Waals surface area contributed by atoms with Crippen LogP contribution in [0.2, 0.25) is 0 Å². The molecule has 31 heavy (non-hydrogen) atoms. The van der Waals surface area contributed by atoms with Crippen LogP contribution in [-0.2, 0) is 22.5 Å². The number of rotatable bonds is 9. The lowest BCUT2D eigenvalue weighted by Crippen LogP contribution is -2.18. The number of aromatic nitrogens is 2. The number of hydrogen-bond acceptors (Lipinski definition) is 7. The van der Waals surface area contributed by atoms with Crippen molar-refractivity contribution in [3.63, 3.8) is 0 Å². The van der Waals surface area contributed by atoms with Crippen molar-refractivity contribution in [1.82, 2.24) is 9.55 Å². The number of carbonyl (C=O) groups is 1. The highest BCUT2D eigenvalue weighted by molar-refractivity contribution is 5.85. The van der Waals surface area contributed by atoms with E-state index in [-0.39, 0.29) is 31.2 Å². The summed E-state index contributed by atoms with van der Waals surface area (Å²) in [5.74, 6) is 1.59. The van der Waals surface area contributed by atoms with Crippen molar-refractivity contribution in [3.05, 3.63) is 45.9 Å². The zero-order valence-corrected chi connectivity index (χ0v) is 18.2. The lowest BCUT2D eigenvalue weighted by Gasteiger charge is -2.15. The van der Waals surface area contributed by atoms with Gasteiger partial charge in [-0.05, 0) is 36.2 Å². The van der Waals surface area contributed by atoms with Crippen molar-refractivity contribution in [2.24, 2.45) is 0 Å². The number of nitrogens with zero attached hydrogens (tertiary/aromatic N) is 1. The van der Waals surface area contributed by atoms with E-state index < -0.39 is 0 Å². The molecule has 2 aromatic carbocycles. The minimum Gasteiger partial charge on any atom is -0.497 e. The number of imidazole rings is 1. The number of benzene rings is 2. The first-order chi connectivity index (χ1) is 14.9. The number of carbonyl (C=O) groups excluding carboxylic acids is 1. The van der Waals surface area contributed by atoms with E-state index in [1.54, 1.807) is 35.8 Å². The maximum absolute atomic E-state index is 12.8. The van der Waals surface area contributed by atoms with Gasteiger partial charge in [0.05, 0.1) is 59.0 Å². The van der Waals surface area contributed by atoms with Gasteiger partial charge < -0.3 is 28.7 Å². The molecule has 3 aromatic rings. The predicted octanol–water partition coefficient (Wildman–Crippen LogP) is 2.52. The second kappa shape index (κ2) is 9.46. The Labute approximate surface area is 179 Å². The predicted molar refractivity (Wildman–Crippen MR) is 115 cm³/mol. The zero-order valence-electron chi connectivity index (χ0n) is 18.2. The first-order valence-corrected chi connectivity index (χ1v) is 9.69. The Kier molecular flexibility index (Phi) is 6.74. The monoisotopic (exact) mass is 430 g/mol. The van der Waals surface area contributed by atoms with Gasteiger partial charge in [-0.25, -0.2) is 4.79 Å². The van der Waals surface area contributed by atoms with Crippen molar-refractivity contribution < 1.29 is 28.5 Å². The third-order valence-corrected chi connectivity index (χ3v) is 4.86. The van der Waals surface area contributed by atoms with Gasteiger partial charge in [-0.15, -0.1) is 0 Å². The summed E-state index contributed by atoms with van der Waals surface area (Å²) >= 11 is 0. The molecule has 9 heteroatoms. The number of methoxy groups -OCH3 is 4. The van der Waals surface area contributed by atoms with Crippen molar-refractivity contribution >= 4 is 17.0 Å². The molecule has 0 amide bonds. The molecule has 0 aliphatic rings. The van der Waals surface area contributed by atoms with Crippen LogP contribution in [0.15, 0.2) is 29.1 Å². The number of H-pyrrole nitrogens is 1. The molecule has 166 valence electrons. The van der Waals surface area contributed by atoms with Gasteiger partial charge >= 0.3 is 11.7 Å². The van der Waals surface area contributed by atoms with E-state index in [0.717, 1.165) is 5.56 Å². The molecule has 0 radical (unpaired) electrons. The summed E-state index contributed by atoms with van der Waals surface area (Å²) in [6, 6.07) is 7.01. The summed E-state index contributed by atoms with van der Waals surface area (Å²) in [6.45, 7) is 2.24. The Morgan fingerprint density at radius 2 is 1.65 bits per heavy atom. The van der Waals surface area contributed by atoms with Gasteiger partial charge in [0.15, 0.2) is 11.5 Å². The third kappa shape index (κ3) is 4.45. The molecule has 0 saturated carbocycles. The fourth-order valence-corrected chi connectivity index (χ4v) is 3.54. The second-order valence-electron chi connectivity index (χ2n) is 6.71. The van der Waals surface area contributed by atoms with Crippen LogP contribution in [0.25, 0.3) is 11.0 Å². The van der Waals surface area contributed by atoms with E-state index in [1.165, 1.54) is 28.4 Å². The topological polar surface area (TPSA) is 101 Å². The molecule has 0 bridgehead atoms. The zero-order chi connectivity index (χ0) is 22.5. The Bertz CT molecular complexity index is 1120. The first-order valence-electron chi connectivity index (χ1n) is 9.69. The van der Waals surface area contributed by atoms with Gasteiger partial charge in [-0.3, -0.25) is 9.36 Å². The van der Waals surface area contributed by atoms with Gasteiger partial charge in [-0.2, -0.15) is 0 Å². The van der Waals surface area contributed by atoms with Crippen LogP contribution >= 0.6 is 0 Å². The number of hydrogen-bond donors (Lipinski definition) is 1. The molecule has 1 N–H and O–H groups in total. The van der Waals surface area contributed by atoms with E-state index in [9.17, 15) is 9.59 Å². The van der Waals surface area contributed by atoms with Crippen LogP contribution < -0.4 is 24.6 Å².